The van der Waals surface area contributed by atoms with Crippen LogP contribution in [0.15, 0.2) is 247 Å². The summed E-state index contributed by atoms with van der Waals surface area (Å²) in [6.07, 6.45) is 0. The Morgan fingerprint density at radius 1 is 0.317 bits per heavy atom. The number of rotatable bonds is 8. The fourth-order valence-electron chi connectivity index (χ4n) is 9.64. The molecular weight excluding hydrogens is 765 g/mol. The highest BCUT2D eigenvalue weighted by atomic mass is 16.3. The average Bonchev–Trinajstić information content (AvgIpc) is 3.91. The van der Waals surface area contributed by atoms with Crippen LogP contribution in [0.2, 0.25) is 0 Å². The number of para-hydroxylation sites is 4. The average molecular weight is 805 g/mol. The molecule has 0 saturated heterocycles. The van der Waals surface area contributed by atoms with Crippen LogP contribution in [0.4, 0.5) is 17.1 Å². The summed E-state index contributed by atoms with van der Waals surface area (Å²) >= 11 is 0. The lowest BCUT2D eigenvalue weighted by molar-refractivity contribution is 0.669. The topological polar surface area (TPSA) is 21.3 Å². The van der Waals surface area contributed by atoms with Gasteiger partial charge < -0.3 is 13.9 Å². The van der Waals surface area contributed by atoms with E-state index in [0.29, 0.717) is 0 Å². The molecule has 0 aliphatic heterocycles. The first-order valence-electron chi connectivity index (χ1n) is 21.5. The third-order valence-electron chi connectivity index (χ3n) is 12.4. The van der Waals surface area contributed by atoms with Crippen molar-refractivity contribution in [2.24, 2.45) is 0 Å². The van der Waals surface area contributed by atoms with Crippen molar-refractivity contribution in [1.29, 1.82) is 0 Å². The largest absolute Gasteiger partial charge is 0.456 e. The Morgan fingerprint density at radius 2 is 0.857 bits per heavy atom. The van der Waals surface area contributed by atoms with Crippen molar-refractivity contribution >= 4 is 60.8 Å². The van der Waals surface area contributed by atoms with Crippen LogP contribution in [0.3, 0.4) is 0 Å². The summed E-state index contributed by atoms with van der Waals surface area (Å²) in [5.41, 5.74) is 17.8. The van der Waals surface area contributed by atoms with Gasteiger partial charge in [0.2, 0.25) is 0 Å². The van der Waals surface area contributed by atoms with Crippen molar-refractivity contribution < 1.29 is 4.42 Å². The number of benzene rings is 10. The molecule has 0 unspecified atom stereocenters. The highest BCUT2D eigenvalue weighted by Crippen LogP contribution is 2.47. The Bertz CT molecular complexity index is 3640. The summed E-state index contributed by atoms with van der Waals surface area (Å²) in [4.78, 5) is 2.42. The van der Waals surface area contributed by atoms with Gasteiger partial charge in [-0.3, -0.25) is 0 Å². The molecular formula is C60H40N2O. The van der Waals surface area contributed by atoms with E-state index in [-0.39, 0.29) is 0 Å². The van der Waals surface area contributed by atoms with Crippen LogP contribution in [0, 0.1) is 0 Å². The maximum Gasteiger partial charge on any atom is 0.135 e. The molecule has 0 fully saturated rings. The zero-order chi connectivity index (χ0) is 41.7. The number of aromatic nitrogens is 1. The Labute approximate surface area is 366 Å². The minimum atomic E-state index is 0.867. The van der Waals surface area contributed by atoms with E-state index in [4.69, 9.17) is 4.42 Å². The van der Waals surface area contributed by atoms with Gasteiger partial charge in [-0.15, -0.1) is 0 Å². The van der Waals surface area contributed by atoms with Crippen LogP contribution >= 0.6 is 0 Å². The molecule has 0 aliphatic rings. The number of fused-ring (bicyclic) bond motifs is 6. The first-order chi connectivity index (χ1) is 31.3. The van der Waals surface area contributed by atoms with Crippen LogP contribution in [0.1, 0.15) is 0 Å². The molecule has 2 heterocycles. The molecule has 10 aromatic carbocycles. The monoisotopic (exact) mass is 804 g/mol. The first-order valence-corrected chi connectivity index (χ1v) is 21.5. The maximum absolute atomic E-state index is 6.37. The Morgan fingerprint density at radius 3 is 1.67 bits per heavy atom. The van der Waals surface area contributed by atoms with E-state index in [9.17, 15) is 0 Å². The van der Waals surface area contributed by atoms with Crippen LogP contribution in [-0.4, -0.2) is 4.57 Å². The van der Waals surface area contributed by atoms with Crippen molar-refractivity contribution in [3.63, 3.8) is 0 Å². The second-order valence-corrected chi connectivity index (χ2v) is 16.0. The zero-order valence-electron chi connectivity index (χ0n) is 34.4. The second-order valence-electron chi connectivity index (χ2n) is 16.0. The van der Waals surface area contributed by atoms with Gasteiger partial charge in [0.15, 0.2) is 0 Å². The van der Waals surface area contributed by atoms with Crippen LogP contribution in [0.5, 0.6) is 0 Å². The molecule has 296 valence electrons. The number of hydrogen-bond acceptors (Lipinski definition) is 2. The zero-order valence-corrected chi connectivity index (χ0v) is 34.4. The molecule has 0 aliphatic carbocycles. The molecule has 3 heteroatoms. The summed E-state index contributed by atoms with van der Waals surface area (Å²) < 4.78 is 8.76. The molecule has 12 rings (SSSR count). The van der Waals surface area contributed by atoms with Gasteiger partial charge in [0.05, 0.1) is 16.7 Å². The van der Waals surface area contributed by atoms with E-state index in [2.05, 4.69) is 240 Å². The number of nitrogens with zero attached hydrogens (tertiary/aromatic N) is 2. The number of furan rings is 1. The van der Waals surface area contributed by atoms with Crippen LogP contribution in [0.25, 0.3) is 93.9 Å². The van der Waals surface area contributed by atoms with Gasteiger partial charge >= 0.3 is 0 Å². The van der Waals surface area contributed by atoms with Crippen molar-refractivity contribution in [1.82, 2.24) is 4.57 Å². The molecule has 3 nitrogen and oxygen atoms in total. The normalized spacial score (nSPS) is 11.5. The van der Waals surface area contributed by atoms with E-state index in [0.717, 1.165) is 61.4 Å². The van der Waals surface area contributed by atoms with Crippen LogP contribution < -0.4 is 4.90 Å². The number of anilines is 3. The lowest BCUT2D eigenvalue weighted by Crippen LogP contribution is -2.11. The summed E-state index contributed by atoms with van der Waals surface area (Å²) in [5.74, 6) is 0. The van der Waals surface area contributed by atoms with Crippen molar-refractivity contribution in [2.45, 2.75) is 0 Å². The predicted molar refractivity (Wildman–Crippen MR) is 264 cm³/mol. The number of hydrogen-bond donors (Lipinski definition) is 0. The highest BCUT2D eigenvalue weighted by molar-refractivity contribution is 6.16. The third kappa shape index (κ3) is 6.21. The summed E-state index contributed by atoms with van der Waals surface area (Å²) in [6.45, 7) is 0. The standard InChI is InChI=1S/C60H40N2O/c1-3-19-41(20-4-1)46-25-7-8-26-48(46)49-27-9-10-28-50(49)51-29-11-14-33-55(51)61(45-37-38-59-54(40-45)52-30-13-16-36-58(52)63-59)44-24-17-21-42(39-44)47-32-18-35-57-60(47)53-31-12-15-34-56(53)62(57)43-22-5-2-6-23-43/h1-40H. The molecule has 0 amide bonds. The lowest BCUT2D eigenvalue weighted by Gasteiger charge is -2.29. The van der Waals surface area contributed by atoms with Crippen molar-refractivity contribution in [3.8, 4) is 50.2 Å². The van der Waals surface area contributed by atoms with Gasteiger partial charge in [-0.1, -0.05) is 176 Å². The van der Waals surface area contributed by atoms with Crippen molar-refractivity contribution in [2.75, 3.05) is 4.90 Å². The van der Waals surface area contributed by atoms with Crippen LogP contribution in [-0.2, 0) is 0 Å². The van der Waals surface area contributed by atoms with Crippen molar-refractivity contribution in [3.05, 3.63) is 243 Å². The van der Waals surface area contributed by atoms with Gasteiger partial charge in [-0.05, 0) is 106 Å². The Balaban J connectivity index is 1.09. The molecule has 0 bridgehead atoms. The fraction of sp³-hybridized carbons (Fsp3) is 0. The van der Waals surface area contributed by atoms with Gasteiger partial charge in [0.25, 0.3) is 0 Å². The molecule has 0 N–H and O–H groups in total. The second kappa shape index (κ2) is 15.3. The molecule has 2 aromatic heterocycles. The third-order valence-corrected chi connectivity index (χ3v) is 12.4. The molecule has 12 aromatic rings. The van der Waals surface area contributed by atoms with Gasteiger partial charge in [0.1, 0.15) is 11.2 Å². The SMILES string of the molecule is c1ccc(-c2ccccc2-c2ccccc2-c2ccccc2N(c2cccc(-c3cccc4c3c3ccccc3n4-c3ccccc3)c2)c2ccc3oc4ccccc4c3c2)cc1. The molecule has 63 heavy (non-hydrogen) atoms. The van der Waals surface area contributed by atoms with E-state index in [1.165, 1.54) is 49.6 Å². The Hall–Kier alpha value is -8.40. The minimum absolute atomic E-state index is 0.867. The van der Waals surface area contributed by atoms with E-state index >= 15 is 0 Å². The molecule has 0 atom stereocenters. The fourth-order valence-corrected chi connectivity index (χ4v) is 9.64. The smallest absolute Gasteiger partial charge is 0.135 e. The van der Waals surface area contributed by atoms with E-state index in [1.54, 1.807) is 0 Å². The lowest BCUT2D eigenvalue weighted by atomic mass is 9.88. The summed E-state index contributed by atoms with van der Waals surface area (Å²) in [6, 6.07) is 87.2. The van der Waals surface area contributed by atoms with E-state index < -0.39 is 0 Å². The minimum Gasteiger partial charge on any atom is -0.456 e. The maximum atomic E-state index is 6.37. The molecule has 0 radical (unpaired) electrons. The summed E-state index contributed by atoms with van der Waals surface area (Å²) in [5, 5.41) is 4.64. The Kier molecular flexibility index (Phi) is 8.83. The predicted octanol–water partition coefficient (Wildman–Crippen LogP) is 16.8. The molecule has 0 saturated carbocycles. The van der Waals surface area contributed by atoms with Gasteiger partial charge in [-0.2, -0.15) is 0 Å². The quantitative estimate of drug-likeness (QED) is 0.153. The van der Waals surface area contributed by atoms with Gasteiger partial charge in [-0.25, -0.2) is 0 Å². The first kappa shape index (κ1) is 36.5. The summed E-state index contributed by atoms with van der Waals surface area (Å²) in [7, 11) is 0. The highest BCUT2D eigenvalue weighted by Gasteiger charge is 2.23. The van der Waals surface area contributed by atoms with E-state index in [1.807, 2.05) is 12.1 Å². The molecule has 0 spiro atoms. The van der Waals surface area contributed by atoms with Gasteiger partial charge in [0, 0.05) is 44.2 Å².